The summed E-state index contributed by atoms with van der Waals surface area (Å²) in [5.74, 6) is 0. The number of anilines is 2. The van der Waals surface area contributed by atoms with E-state index in [1.54, 1.807) is 30.6 Å². The van der Waals surface area contributed by atoms with E-state index in [0.717, 1.165) is 5.39 Å². The van der Waals surface area contributed by atoms with Gasteiger partial charge in [-0.2, -0.15) is 8.42 Å². The van der Waals surface area contributed by atoms with E-state index in [2.05, 4.69) is 14.7 Å². The summed E-state index contributed by atoms with van der Waals surface area (Å²) < 4.78 is 27.3. The van der Waals surface area contributed by atoms with Crippen molar-refractivity contribution in [2.24, 2.45) is 0 Å². The summed E-state index contributed by atoms with van der Waals surface area (Å²) in [6.45, 7) is 0. The Morgan fingerprint density at radius 2 is 1.90 bits per heavy atom. The van der Waals surface area contributed by atoms with Gasteiger partial charge in [0.15, 0.2) is 5.03 Å². The van der Waals surface area contributed by atoms with Crippen molar-refractivity contribution < 1.29 is 8.42 Å². The van der Waals surface area contributed by atoms with E-state index in [-0.39, 0.29) is 10.7 Å². The molecular formula is C14H12N4O2S. The highest BCUT2D eigenvalue weighted by molar-refractivity contribution is 7.92. The van der Waals surface area contributed by atoms with Crippen LogP contribution in [0.1, 0.15) is 0 Å². The van der Waals surface area contributed by atoms with Crippen molar-refractivity contribution in [1.82, 2.24) is 9.97 Å². The number of rotatable bonds is 3. The molecular weight excluding hydrogens is 288 g/mol. The van der Waals surface area contributed by atoms with Crippen molar-refractivity contribution in [3.05, 3.63) is 55.0 Å². The van der Waals surface area contributed by atoms with E-state index >= 15 is 0 Å². The molecule has 3 aromatic rings. The average molecular weight is 300 g/mol. The Labute approximate surface area is 121 Å². The van der Waals surface area contributed by atoms with Crippen LogP contribution in [-0.4, -0.2) is 18.4 Å². The van der Waals surface area contributed by atoms with Crippen LogP contribution in [0.3, 0.4) is 0 Å². The van der Waals surface area contributed by atoms with Crippen LogP contribution in [0.15, 0.2) is 60.0 Å². The molecule has 6 nitrogen and oxygen atoms in total. The molecule has 0 aliphatic heterocycles. The molecule has 0 saturated carbocycles. The van der Waals surface area contributed by atoms with Gasteiger partial charge in [-0.05, 0) is 29.7 Å². The molecule has 0 bridgehead atoms. The molecule has 7 heteroatoms. The number of hydrogen-bond donors (Lipinski definition) is 2. The molecule has 106 valence electrons. The first-order chi connectivity index (χ1) is 10.1. The lowest BCUT2D eigenvalue weighted by Crippen LogP contribution is -2.16. The second kappa shape index (κ2) is 5.02. The Bertz CT molecular complexity index is 904. The molecule has 21 heavy (non-hydrogen) atoms. The zero-order valence-corrected chi connectivity index (χ0v) is 11.7. The fraction of sp³-hybridized carbons (Fsp3) is 0. The van der Waals surface area contributed by atoms with E-state index in [0.29, 0.717) is 11.1 Å². The summed E-state index contributed by atoms with van der Waals surface area (Å²) in [5.41, 5.74) is 6.22. The number of sulfonamides is 1. The standard InChI is InChI=1S/C14H12N4O2S/c15-12-4-2-7-17-14(12)21(19,20)18-13-5-1-3-10-6-8-16-9-11(10)13/h1-9,18H,15H2. The Balaban J connectivity index is 2.08. The minimum Gasteiger partial charge on any atom is -0.396 e. The highest BCUT2D eigenvalue weighted by atomic mass is 32.2. The molecule has 3 rings (SSSR count). The maximum absolute atomic E-state index is 12.4. The minimum absolute atomic E-state index is 0.100. The summed E-state index contributed by atoms with van der Waals surface area (Å²) in [5, 5.41) is 1.41. The fourth-order valence-corrected chi connectivity index (χ4v) is 3.17. The monoisotopic (exact) mass is 300 g/mol. The SMILES string of the molecule is Nc1cccnc1S(=O)(=O)Nc1cccc2ccncc12. The number of benzene rings is 1. The first-order valence-corrected chi connectivity index (χ1v) is 7.62. The number of fused-ring (bicyclic) bond motifs is 1. The van der Waals surface area contributed by atoms with Gasteiger partial charge in [0, 0.05) is 24.0 Å². The van der Waals surface area contributed by atoms with Gasteiger partial charge in [0.05, 0.1) is 11.4 Å². The summed E-state index contributed by atoms with van der Waals surface area (Å²) >= 11 is 0. The van der Waals surface area contributed by atoms with Gasteiger partial charge in [-0.1, -0.05) is 12.1 Å². The minimum atomic E-state index is -3.85. The van der Waals surface area contributed by atoms with Gasteiger partial charge in [0.1, 0.15) is 0 Å². The quantitative estimate of drug-likeness (QED) is 0.771. The van der Waals surface area contributed by atoms with E-state index in [1.165, 1.54) is 12.3 Å². The molecule has 0 saturated heterocycles. The Morgan fingerprint density at radius 3 is 2.71 bits per heavy atom. The zero-order valence-electron chi connectivity index (χ0n) is 10.9. The Kier molecular flexibility index (Phi) is 3.19. The van der Waals surface area contributed by atoms with Crippen LogP contribution in [0.5, 0.6) is 0 Å². The number of nitrogen functional groups attached to an aromatic ring is 1. The van der Waals surface area contributed by atoms with E-state index in [1.807, 2.05) is 12.1 Å². The second-order valence-electron chi connectivity index (χ2n) is 4.41. The van der Waals surface area contributed by atoms with E-state index < -0.39 is 10.0 Å². The molecule has 0 aliphatic rings. The van der Waals surface area contributed by atoms with Gasteiger partial charge in [0.2, 0.25) is 0 Å². The summed E-state index contributed by atoms with van der Waals surface area (Å²) in [7, 11) is -3.85. The molecule has 0 fully saturated rings. The van der Waals surface area contributed by atoms with Crippen LogP contribution in [0, 0.1) is 0 Å². The van der Waals surface area contributed by atoms with Crippen molar-refractivity contribution in [3.63, 3.8) is 0 Å². The molecule has 0 amide bonds. The molecule has 0 aliphatic carbocycles. The number of hydrogen-bond acceptors (Lipinski definition) is 5. The lowest BCUT2D eigenvalue weighted by atomic mass is 10.1. The number of nitrogens with zero attached hydrogens (tertiary/aromatic N) is 2. The zero-order chi connectivity index (χ0) is 14.9. The summed E-state index contributed by atoms with van der Waals surface area (Å²) in [6.07, 6.45) is 4.64. The number of pyridine rings is 2. The van der Waals surface area contributed by atoms with Gasteiger partial charge in [-0.15, -0.1) is 0 Å². The predicted molar refractivity (Wildman–Crippen MR) is 81.2 cm³/mol. The van der Waals surface area contributed by atoms with Gasteiger partial charge >= 0.3 is 0 Å². The van der Waals surface area contributed by atoms with Gasteiger partial charge in [-0.3, -0.25) is 9.71 Å². The summed E-state index contributed by atoms with van der Waals surface area (Å²) in [4.78, 5) is 7.85. The van der Waals surface area contributed by atoms with Crippen molar-refractivity contribution in [1.29, 1.82) is 0 Å². The van der Waals surface area contributed by atoms with Crippen LogP contribution in [0.2, 0.25) is 0 Å². The van der Waals surface area contributed by atoms with Crippen LogP contribution < -0.4 is 10.5 Å². The normalized spacial score (nSPS) is 11.4. The molecule has 0 spiro atoms. The van der Waals surface area contributed by atoms with E-state index in [4.69, 9.17) is 5.73 Å². The largest absolute Gasteiger partial charge is 0.396 e. The Morgan fingerprint density at radius 1 is 1.05 bits per heavy atom. The first kappa shape index (κ1) is 13.3. The number of nitrogens with one attached hydrogen (secondary N) is 1. The van der Waals surface area contributed by atoms with Crippen LogP contribution in [0.25, 0.3) is 10.8 Å². The van der Waals surface area contributed by atoms with Gasteiger partial charge in [-0.25, -0.2) is 4.98 Å². The van der Waals surface area contributed by atoms with Crippen molar-refractivity contribution in [3.8, 4) is 0 Å². The van der Waals surface area contributed by atoms with Crippen molar-refractivity contribution >= 4 is 32.2 Å². The number of nitrogens with two attached hydrogens (primary N) is 1. The molecule has 1 aromatic carbocycles. The van der Waals surface area contributed by atoms with Crippen LogP contribution >= 0.6 is 0 Å². The molecule has 2 heterocycles. The Hall–Kier alpha value is -2.67. The molecule has 0 radical (unpaired) electrons. The van der Waals surface area contributed by atoms with Gasteiger partial charge in [0.25, 0.3) is 10.0 Å². The maximum atomic E-state index is 12.4. The highest BCUT2D eigenvalue weighted by Crippen LogP contribution is 2.25. The topological polar surface area (TPSA) is 98.0 Å². The van der Waals surface area contributed by atoms with Crippen LogP contribution in [0.4, 0.5) is 11.4 Å². The molecule has 3 N–H and O–H groups in total. The highest BCUT2D eigenvalue weighted by Gasteiger charge is 2.19. The third kappa shape index (κ3) is 2.50. The average Bonchev–Trinajstić information content (AvgIpc) is 2.47. The third-order valence-corrected chi connectivity index (χ3v) is 4.32. The molecule has 2 aromatic heterocycles. The third-order valence-electron chi connectivity index (χ3n) is 2.98. The molecule has 0 atom stereocenters. The second-order valence-corrected chi connectivity index (χ2v) is 6.00. The first-order valence-electron chi connectivity index (χ1n) is 6.14. The molecule has 0 unspecified atom stereocenters. The van der Waals surface area contributed by atoms with Gasteiger partial charge < -0.3 is 5.73 Å². The van der Waals surface area contributed by atoms with Crippen molar-refractivity contribution in [2.75, 3.05) is 10.5 Å². The number of aromatic nitrogens is 2. The van der Waals surface area contributed by atoms with Crippen LogP contribution in [-0.2, 0) is 10.0 Å². The lowest BCUT2D eigenvalue weighted by Gasteiger charge is -2.11. The summed E-state index contributed by atoms with van der Waals surface area (Å²) in [6, 6.07) is 10.2. The predicted octanol–water partition coefficient (Wildman–Crippen LogP) is 2.01. The lowest BCUT2D eigenvalue weighted by molar-refractivity contribution is 0.598. The van der Waals surface area contributed by atoms with Crippen molar-refractivity contribution in [2.45, 2.75) is 5.03 Å². The maximum Gasteiger partial charge on any atom is 0.281 e. The van der Waals surface area contributed by atoms with E-state index in [9.17, 15) is 8.42 Å². The fourth-order valence-electron chi connectivity index (χ4n) is 2.02. The smallest absolute Gasteiger partial charge is 0.281 e.